The number of phenols is 1. The minimum atomic E-state index is 0.257. The molecule has 0 spiro atoms. The van der Waals surface area contributed by atoms with Crippen LogP contribution >= 0.6 is 0 Å². The third-order valence-corrected chi connectivity index (χ3v) is 4.17. The van der Waals surface area contributed by atoms with E-state index in [9.17, 15) is 5.11 Å². The van der Waals surface area contributed by atoms with E-state index >= 15 is 0 Å². The van der Waals surface area contributed by atoms with E-state index in [-0.39, 0.29) is 5.41 Å². The molecule has 1 aromatic carbocycles. The van der Waals surface area contributed by atoms with Gasteiger partial charge in [0.05, 0.1) is 0 Å². The Labute approximate surface area is 105 Å². The van der Waals surface area contributed by atoms with Crippen LogP contribution in [0.5, 0.6) is 5.75 Å². The van der Waals surface area contributed by atoms with E-state index in [0.29, 0.717) is 5.75 Å². The number of phenolic OH excluding ortho intramolecular Hbond substituents is 1. The predicted molar refractivity (Wildman–Crippen MR) is 72.7 cm³/mol. The molecule has 0 fully saturated rings. The molecule has 0 radical (unpaired) electrons. The molecule has 0 bridgehead atoms. The molecule has 1 nitrogen and oxygen atoms in total. The highest BCUT2D eigenvalue weighted by atomic mass is 16.3. The minimum Gasteiger partial charge on any atom is -0.508 e. The fourth-order valence-corrected chi connectivity index (χ4v) is 2.90. The molecule has 1 aromatic rings. The van der Waals surface area contributed by atoms with E-state index in [4.69, 9.17) is 0 Å². The van der Waals surface area contributed by atoms with Crippen molar-refractivity contribution in [3.63, 3.8) is 0 Å². The lowest BCUT2D eigenvalue weighted by atomic mass is 9.72. The maximum atomic E-state index is 9.76. The van der Waals surface area contributed by atoms with Crippen molar-refractivity contribution in [1.29, 1.82) is 0 Å². The van der Waals surface area contributed by atoms with Gasteiger partial charge in [-0.05, 0) is 47.4 Å². The molecule has 0 heterocycles. The van der Waals surface area contributed by atoms with Crippen molar-refractivity contribution in [2.45, 2.75) is 64.7 Å². The summed E-state index contributed by atoms with van der Waals surface area (Å²) >= 11 is 0. The van der Waals surface area contributed by atoms with E-state index in [1.54, 1.807) is 0 Å². The molecule has 0 saturated carbocycles. The average molecular weight is 232 g/mol. The number of aromatic hydroxyl groups is 1. The zero-order valence-electron chi connectivity index (χ0n) is 11.3. The van der Waals surface area contributed by atoms with Gasteiger partial charge in [-0.3, -0.25) is 0 Å². The molecular formula is C16H24O. The fraction of sp³-hybridized carbons (Fsp3) is 0.625. The van der Waals surface area contributed by atoms with Crippen molar-refractivity contribution in [3.8, 4) is 5.75 Å². The van der Waals surface area contributed by atoms with Crippen molar-refractivity contribution in [3.05, 3.63) is 28.8 Å². The van der Waals surface area contributed by atoms with Crippen molar-refractivity contribution >= 4 is 0 Å². The Hall–Kier alpha value is -0.980. The van der Waals surface area contributed by atoms with Gasteiger partial charge in [-0.1, -0.05) is 46.1 Å². The van der Waals surface area contributed by atoms with Crippen LogP contribution in [-0.2, 0) is 18.3 Å². The van der Waals surface area contributed by atoms with Crippen LogP contribution < -0.4 is 0 Å². The highest BCUT2D eigenvalue weighted by molar-refractivity contribution is 5.52. The van der Waals surface area contributed by atoms with Crippen LogP contribution in [0.3, 0.4) is 0 Å². The summed E-state index contributed by atoms with van der Waals surface area (Å²) in [4.78, 5) is 0. The van der Waals surface area contributed by atoms with Gasteiger partial charge in [0.15, 0.2) is 0 Å². The van der Waals surface area contributed by atoms with Gasteiger partial charge < -0.3 is 5.11 Å². The first-order chi connectivity index (χ1) is 8.06. The topological polar surface area (TPSA) is 20.2 Å². The summed E-state index contributed by atoms with van der Waals surface area (Å²) < 4.78 is 0. The smallest absolute Gasteiger partial charge is 0.119 e. The summed E-state index contributed by atoms with van der Waals surface area (Å²) in [7, 11) is 0. The van der Waals surface area contributed by atoms with Crippen LogP contribution in [0.1, 0.15) is 63.1 Å². The van der Waals surface area contributed by atoms with E-state index in [1.807, 2.05) is 6.07 Å². The molecule has 17 heavy (non-hydrogen) atoms. The van der Waals surface area contributed by atoms with Gasteiger partial charge >= 0.3 is 0 Å². The van der Waals surface area contributed by atoms with Crippen LogP contribution in [0.2, 0.25) is 0 Å². The second-order valence-corrected chi connectivity index (χ2v) is 5.93. The van der Waals surface area contributed by atoms with Crippen LogP contribution in [-0.4, -0.2) is 5.11 Å². The van der Waals surface area contributed by atoms with Crippen molar-refractivity contribution in [2.75, 3.05) is 0 Å². The standard InChI is InChI=1S/C16H24O/c1-4-5-6-11-16(2,3)14-9-10-15(17)13-8-7-12(13)14/h9-10,17H,4-8,11H2,1-3H3. The molecule has 0 saturated heterocycles. The summed E-state index contributed by atoms with van der Waals surface area (Å²) in [6, 6.07) is 4.02. The van der Waals surface area contributed by atoms with Crippen LogP contribution in [0, 0.1) is 0 Å². The maximum absolute atomic E-state index is 9.76. The first kappa shape index (κ1) is 12.5. The zero-order chi connectivity index (χ0) is 12.5. The Morgan fingerprint density at radius 1 is 1.12 bits per heavy atom. The van der Waals surface area contributed by atoms with Crippen LogP contribution in [0.15, 0.2) is 12.1 Å². The van der Waals surface area contributed by atoms with Crippen LogP contribution in [0.4, 0.5) is 0 Å². The Bertz CT molecular complexity index is 404. The molecule has 0 atom stereocenters. The summed E-state index contributed by atoms with van der Waals surface area (Å²) in [6.45, 7) is 6.93. The van der Waals surface area contributed by atoms with Crippen LogP contribution in [0.25, 0.3) is 0 Å². The quantitative estimate of drug-likeness (QED) is 0.748. The molecule has 1 aliphatic rings. The number of rotatable bonds is 5. The molecule has 0 aliphatic heterocycles. The highest BCUT2D eigenvalue weighted by Gasteiger charge is 2.29. The lowest BCUT2D eigenvalue weighted by Crippen LogP contribution is -2.24. The van der Waals surface area contributed by atoms with Gasteiger partial charge in [-0.15, -0.1) is 0 Å². The van der Waals surface area contributed by atoms with Gasteiger partial charge in [-0.2, -0.15) is 0 Å². The summed E-state index contributed by atoms with van der Waals surface area (Å²) in [5.74, 6) is 0.499. The number of benzene rings is 1. The normalized spacial score (nSPS) is 14.3. The third kappa shape index (κ3) is 2.34. The molecule has 1 aliphatic carbocycles. The van der Waals surface area contributed by atoms with E-state index < -0.39 is 0 Å². The molecule has 1 N–H and O–H groups in total. The monoisotopic (exact) mass is 232 g/mol. The largest absolute Gasteiger partial charge is 0.508 e. The number of unbranched alkanes of at least 4 members (excludes halogenated alkanes) is 2. The summed E-state index contributed by atoms with van der Waals surface area (Å²) in [6.07, 6.45) is 7.36. The van der Waals surface area contributed by atoms with Gasteiger partial charge in [0, 0.05) is 0 Å². The van der Waals surface area contributed by atoms with Gasteiger partial charge in [0.1, 0.15) is 5.75 Å². The zero-order valence-corrected chi connectivity index (χ0v) is 11.3. The number of hydrogen-bond donors (Lipinski definition) is 1. The Morgan fingerprint density at radius 3 is 2.41 bits per heavy atom. The Kier molecular flexibility index (Phi) is 3.46. The lowest BCUT2D eigenvalue weighted by Gasteiger charge is -2.33. The summed E-state index contributed by atoms with van der Waals surface area (Å²) in [5.41, 5.74) is 4.35. The number of hydrogen-bond acceptors (Lipinski definition) is 1. The van der Waals surface area contributed by atoms with E-state index in [2.05, 4.69) is 26.8 Å². The first-order valence-electron chi connectivity index (χ1n) is 6.90. The Morgan fingerprint density at radius 2 is 1.82 bits per heavy atom. The lowest BCUT2D eigenvalue weighted by molar-refractivity contribution is 0.433. The highest BCUT2D eigenvalue weighted by Crippen LogP contribution is 2.41. The maximum Gasteiger partial charge on any atom is 0.119 e. The third-order valence-electron chi connectivity index (χ3n) is 4.17. The first-order valence-corrected chi connectivity index (χ1v) is 6.90. The SMILES string of the molecule is CCCCCC(C)(C)c1ccc(O)c2c1CC2. The average Bonchev–Trinajstić information content (AvgIpc) is 2.20. The minimum absolute atomic E-state index is 0.257. The van der Waals surface area contributed by atoms with Crippen molar-refractivity contribution < 1.29 is 5.11 Å². The van der Waals surface area contributed by atoms with Gasteiger partial charge in [-0.25, -0.2) is 0 Å². The van der Waals surface area contributed by atoms with Crippen molar-refractivity contribution in [1.82, 2.24) is 0 Å². The van der Waals surface area contributed by atoms with E-state index in [0.717, 1.165) is 12.8 Å². The molecule has 0 aromatic heterocycles. The Balaban J connectivity index is 2.19. The molecular weight excluding hydrogens is 208 g/mol. The van der Waals surface area contributed by atoms with Crippen molar-refractivity contribution in [2.24, 2.45) is 0 Å². The van der Waals surface area contributed by atoms with E-state index in [1.165, 1.54) is 42.4 Å². The summed E-state index contributed by atoms with van der Waals surface area (Å²) in [5, 5.41) is 9.76. The predicted octanol–water partition coefficient (Wildman–Crippen LogP) is 4.35. The molecule has 2 rings (SSSR count). The number of fused-ring (bicyclic) bond motifs is 1. The second kappa shape index (κ2) is 4.72. The molecule has 0 amide bonds. The molecule has 1 heteroatoms. The fourth-order valence-electron chi connectivity index (χ4n) is 2.90. The second-order valence-electron chi connectivity index (χ2n) is 5.93. The molecule has 0 unspecified atom stereocenters. The molecule has 94 valence electrons. The van der Waals surface area contributed by atoms with Gasteiger partial charge in [0.2, 0.25) is 0 Å². The van der Waals surface area contributed by atoms with Gasteiger partial charge in [0.25, 0.3) is 0 Å².